The molecule has 1 aromatic heterocycles. The molecule has 0 aliphatic carbocycles. The second kappa shape index (κ2) is 7.36. The van der Waals surface area contributed by atoms with E-state index in [4.69, 9.17) is 5.73 Å². The van der Waals surface area contributed by atoms with Gasteiger partial charge < -0.3 is 10.6 Å². The van der Waals surface area contributed by atoms with Crippen molar-refractivity contribution < 1.29 is 4.79 Å². The minimum Gasteiger partial charge on any atom is -0.334 e. The van der Waals surface area contributed by atoms with Crippen LogP contribution in [0.15, 0.2) is 36.5 Å². The highest BCUT2D eigenvalue weighted by molar-refractivity contribution is 6.01. The number of pyridine rings is 1. The third-order valence-electron chi connectivity index (χ3n) is 5.21. The van der Waals surface area contributed by atoms with Crippen molar-refractivity contribution in [2.75, 3.05) is 13.1 Å². The van der Waals surface area contributed by atoms with Crippen LogP contribution in [0.4, 0.5) is 0 Å². The van der Waals surface area contributed by atoms with Gasteiger partial charge >= 0.3 is 0 Å². The number of nitrogens with zero attached hydrogens (tertiary/aromatic N) is 2. The van der Waals surface area contributed by atoms with Crippen molar-refractivity contribution in [2.45, 2.75) is 39.7 Å². The molecule has 4 nitrogen and oxygen atoms in total. The third kappa shape index (κ3) is 3.59. The van der Waals surface area contributed by atoms with Crippen LogP contribution >= 0.6 is 0 Å². The van der Waals surface area contributed by atoms with Gasteiger partial charge in [-0.3, -0.25) is 9.78 Å². The average molecular weight is 337 g/mol. The van der Waals surface area contributed by atoms with Gasteiger partial charge in [-0.15, -0.1) is 0 Å². The van der Waals surface area contributed by atoms with Gasteiger partial charge in [-0.1, -0.05) is 30.7 Å². The maximum absolute atomic E-state index is 13.4. The Hall–Kier alpha value is -2.20. The third-order valence-corrected chi connectivity index (χ3v) is 5.21. The number of aryl methyl sites for hydroxylation is 2. The molecule has 2 atom stereocenters. The number of nitrogens with two attached hydrogens (primary N) is 1. The maximum Gasteiger partial charge on any atom is 0.254 e. The van der Waals surface area contributed by atoms with E-state index in [9.17, 15) is 4.79 Å². The Morgan fingerprint density at radius 2 is 2.00 bits per heavy atom. The number of rotatable bonds is 3. The van der Waals surface area contributed by atoms with Gasteiger partial charge in [0.05, 0.1) is 5.69 Å². The van der Waals surface area contributed by atoms with E-state index in [0.29, 0.717) is 12.5 Å². The molecule has 3 rings (SSSR count). The fourth-order valence-electron chi connectivity index (χ4n) is 3.70. The highest BCUT2D eigenvalue weighted by Crippen LogP contribution is 2.29. The van der Waals surface area contributed by atoms with Gasteiger partial charge in [0, 0.05) is 36.5 Å². The van der Waals surface area contributed by atoms with Crippen molar-refractivity contribution in [3.05, 3.63) is 53.2 Å². The Bertz CT molecular complexity index is 754. The Kier molecular flexibility index (Phi) is 5.19. The lowest BCUT2D eigenvalue weighted by atomic mass is 9.89. The summed E-state index contributed by atoms with van der Waals surface area (Å²) < 4.78 is 0. The number of aromatic nitrogens is 1. The number of hydrogen-bond donors (Lipinski definition) is 1. The summed E-state index contributed by atoms with van der Waals surface area (Å²) in [6.45, 7) is 7.51. The van der Waals surface area contributed by atoms with E-state index < -0.39 is 0 Å². The molecule has 2 aromatic rings. The van der Waals surface area contributed by atoms with Gasteiger partial charge in [0.2, 0.25) is 0 Å². The average Bonchev–Trinajstić information content (AvgIpc) is 2.61. The number of carbonyl (C=O) groups is 1. The lowest BCUT2D eigenvalue weighted by Gasteiger charge is -2.39. The Labute approximate surface area is 150 Å². The van der Waals surface area contributed by atoms with Crippen LogP contribution in [0.1, 0.15) is 41.3 Å². The summed E-state index contributed by atoms with van der Waals surface area (Å²) in [7, 11) is 0. The van der Waals surface area contributed by atoms with Crippen molar-refractivity contribution in [1.29, 1.82) is 0 Å². The van der Waals surface area contributed by atoms with Crippen molar-refractivity contribution >= 4 is 5.91 Å². The van der Waals surface area contributed by atoms with Crippen LogP contribution < -0.4 is 5.73 Å². The number of benzene rings is 1. The van der Waals surface area contributed by atoms with E-state index in [1.54, 1.807) is 0 Å². The summed E-state index contributed by atoms with van der Waals surface area (Å²) in [5, 5.41) is 0. The van der Waals surface area contributed by atoms with Gasteiger partial charge in [0.15, 0.2) is 0 Å². The number of hydrogen-bond acceptors (Lipinski definition) is 3. The van der Waals surface area contributed by atoms with E-state index in [-0.39, 0.29) is 11.9 Å². The largest absolute Gasteiger partial charge is 0.334 e. The summed E-state index contributed by atoms with van der Waals surface area (Å²) in [6.07, 6.45) is 4.01. The van der Waals surface area contributed by atoms with Gasteiger partial charge in [0.25, 0.3) is 5.91 Å². The molecule has 132 valence electrons. The molecule has 1 fully saturated rings. The molecule has 0 radical (unpaired) electrons. The van der Waals surface area contributed by atoms with Crippen LogP contribution in [0, 0.1) is 19.8 Å². The SMILES string of the molecule is Cc1ccc(-c2ccc(C)cc2C(=O)N2CCC[C@@H](C)C2CN)nc1. The summed E-state index contributed by atoms with van der Waals surface area (Å²) >= 11 is 0. The van der Waals surface area contributed by atoms with E-state index in [0.717, 1.165) is 47.3 Å². The Morgan fingerprint density at radius 1 is 1.24 bits per heavy atom. The molecular formula is C21H27N3O. The predicted molar refractivity (Wildman–Crippen MR) is 101 cm³/mol. The second-order valence-electron chi connectivity index (χ2n) is 7.19. The van der Waals surface area contributed by atoms with Crippen LogP contribution in [0.3, 0.4) is 0 Å². The van der Waals surface area contributed by atoms with Crippen molar-refractivity contribution in [3.63, 3.8) is 0 Å². The Morgan fingerprint density at radius 3 is 2.68 bits per heavy atom. The molecule has 0 bridgehead atoms. The number of piperidine rings is 1. The smallest absolute Gasteiger partial charge is 0.254 e. The normalized spacial score (nSPS) is 20.6. The van der Waals surface area contributed by atoms with Crippen LogP contribution in [0.2, 0.25) is 0 Å². The molecule has 2 heterocycles. The molecule has 1 aliphatic heterocycles. The lowest BCUT2D eigenvalue weighted by Crippen LogP contribution is -2.51. The van der Waals surface area contributed by atoms with Crippen molar-refractivity contribution in [1.82, 2.24) is 9.88 Å². The molecule has 2 N–H and O–H groups in total. The van der Waals surface area contributed by atoms with Crippen molar-refractivity contribution in [3.8, 4) is 11.3 Å². The molecular weight excluding hydrogens is 310 g/mol. The Balaban J connectivity index is 2.02. The summed E-state index contributed by atoms with van der Waals surface area (Å²) in [5.74, 6) is 0.511. The first-order chi connectivity index (χ1) is 12.0. The summed E-state index contributed by atoms with van der Waals surface area (Å²) in [5.41, 5.74) is 10.6. The minimum atomic E-state index is 0.0723. The van der Waals surface area contributed by atoms with E-state index in [2.05, 4.69) is 11.9 Å². The lowest BCUT2D eigenvalue weighted by molar-refractivity contribution is 0.0533. The fraction of sp³-hybridized carbons (Fsp3) is 0.429. The number of likely N-dealkylation sites (tertiary alicyclic amines) is 1. The standard InChI is InChI=1S/C21H27N3O/c1-14-6-8-17(19-9-7-15(2)13-23-19)18(11-14)21(25)24-10-4-5-16(3)20(24)12-22/h6-9,11,13,16,20H,4-5,10,12,22H2,1-3H3/t16-,20?/m1/s1. The molecule has 1 aromatic carbocycles. The first-order valence-corrected chi connectivity index (χ1v) is 9.06. The highest BCUT2D eigenvalue weighted by Gasteiger charge is 2.32. The molecule has 0 spiro atoms. The van der Waals surface area contributed by atoms with Crippen LogP contribution in [0.5, 0.6) is 0 Å². The minimum absolute atomic E-state index is 0.0723. The molecule has 1 unspecified atom stereocenters. The highest BCUT2D eigenvalue weighted by atomic mass is 16.2. The molecule has 1 saturated heterocycles. The molecule has 4 heteroatoms. The maximum atomic E-state index is 13.4. The monoisotopic (exact) mass is 337 g/mol. The van der Waals surface area contributed by atoms with E-state index in [1.165, 1.54) is 0 Å². The van der Waals surface area contributed by atoms with Crippen molar-refractivity contribution in [2.24, 2.45) is 11.7 Å². The zero-order chi connectivity index (χ0) is 18.0. The summed E-state index contributed by atoms with van der Waals surface area (Å²) in [6, 6.07) is 10.1. The first kappa shape index (κ1) is 17.6. The van der Waals surface area contributed by atoms with Crippen LogP contribution in [0.25, 0.3) is 11.3 Å². The van der Waals surface area contributed by atoms with Crippen LogP contribution in [-0.4, -0.2) is 34.9 Å². The topological polar surface area (TPSA) is 59.2 Å². The predicted octanol–water partition coefficient (Wildman–Crippen LogP) is 3.56. The fourth-order valence-corrected chi connectivity index (χ4v) is 3.70. The molecule has 25 heavy (non-hydrogen) atoms. The quantitative estimate of drug-likeness (QED) is 0.931. The zero-order valence-electron chi connectivity index (χ0n) is 15.3. The van der Waals surface area contributed by atoms with Gasteiger partial charge in [-0.25, -0.2) is 0 Å². The molecule has 1 aliphatic rings. The summed E-state index contributed by atoms with van der Waals surface area (Å²) in [4.78, 5) is 19.9. The second-order valence-corrected chi connectivity index (χ2v) is 7.19. The van der Waals surface area contributed by atoms with E-state index in [1.807, 2.05) is 55.3 Å². The molecule has 1 amide bonds. The van der Waals surface area contributed by atoms with E-state index >= 15 is 0 Å². The number of carbonyl (C=O) groups excluding carboxylic acids is 1. The van der Waals surface area contributed by atoms with Gasteiger partial charge in [0.1, 0.15) is 0 Å². The molecule has 0 saturated carbocycles. The first-order valence-electron chi connectivity index (χ1n) is 9.06. The zero-order valence-corrected chi connectivity index (χ0v) is 15.3. The van der Waals surface area contributed by atoms with Gasteiger partial charge in [-0.05, 0) is 50.3 Å². The van der Waals surface area contributed by atoms with Gasteiger partial charge in [-0.2, -0.15) is 0 Å². The number of amides is 1. The van der Waals surface area contributed by atoms with Crippen LogP contribution in [-0.2, 0) is 0 Å².